The van der Waals surface area contributed by atoms with E-state index >= 15 is 0 Å². The molecule has 1 aromatic heterocycles. The standard InChI is InChI=1S/C15H18N2O3S/c1-3-20-15-13(5-4-10-16-15)11-17-21(18,19)14-8-6-12(2)7-9-14/h4-10,17H,3,11H2,1-2H3. The highest BCUT2D eigenvalue weighted by atomic mass is 32.2. The van der Waals surface area contributed by atoms with Gasteiger partial charge in [-0.25, -0.2) is 18.1 Å². The van der Waals surface area contributed by atoms with Crippen molar-refractivity contribution in [2.75, 3.05) is 6.61 Å². The topological polar surface area (TPSA) is 68.3 Å². The van der Waals surface area contributed by atoms with Crippen LogP contribution in [0.1, 0.15) is 18.1 Å². The summed E-state index contributed by atoms with van der Waals surface area (Å²) < 4.78 is 32.4. The average Bonchev–Trinajstić information content (AvgIpc) is 2.47. The monoisotopic (exact) mass is 306 g/mol. The van der Waals surface area contributed by atoms with Crippen LogP contribution in [0.4, 0.5) is 0 Å². The predicted molar refractivity (Wildman–Crippen MR) is 80.6 cm³/mol. The number of nitrogens with one attached hydrogen (secondary N) is 1. The molecule has 0 spiro atoms. The number of sulfonamides is 1. The maximum Gasteiger partial charge on any atom is 0.240 e. The Morgan fingerprint density at radius 1 is 1.19 bits per heavy atom. The molecule has 1 aromatic carbocycles. The van der Waals surface area contributed by atoms with Crippen molar-refractivity contribution in [2.24, 2.45) is 0 Å². The molecule has 0 aliphatic heterocycles. The molecule has 1 heterocycles. The molecule has 5 nitrogen and oxygen atoms in total. The Morgan fingerprint density at radius 3 is 2.57 bits per heavy atom. The lowest BCUT2D eigenvalue weighted by molar-refractivity contribution is 0.322. The van der Waals surface area contributed by atoms with E-state index in [9.17, 15) is 8.42 Å². The van der Waals surface area contributed by atoms with Gasteiger partial charge < -0.3 is 4.74 Å². The zero-order chi connectivity index (χ0) is 15.3. The molecule has 6 heteroatoms. The summed E-state index contributed by atoms with van der Waals surface area (Å²) in [5.41, 5.74) is 1.72. The molecule has 21 heavy (non-hydrogen) atoms. The van der Waals surface area contributed by atoms with Crippen LogP contribution in [-0.4, -0.2) is 20.0 Å². The van der Waals surface area contributed by atoms with E-state index in [2.05, 4.69) is 9.71 Å². The maximum atomic E-state index is 12.2. The van der Waals surface area contributed by atoms with Crippen LogP contribution in [0.2, 0.25) is 0 Å². The molecular weight excluding hydrogens is 288 g/mol. The van der Waals surface area contributed by atoms with E-state index in [1.807, 2.05) is 13.8 Å². The van der Waals surface area contributed by atoms with Crippen LogP contribution in [0.25, 0.3) is 0 Å². The number of benzene rings is 1. The van der Waals surface area contributed by atoms with E-state index in [1.165, 1.54) is 0 Å². The second-order valence-corrected chi connectivity index (χ2v) is 6.31. The first-order valence-electron chi connectivity index (χ1n) is 6.66. The lowest BCUT2D eigenvalue weighted by atomic mass is 10.2. The minimum Gasteiger partial charge on any atom is -0.478 e. The molecule has 0 fully saturated rings. The van der Waals surface area contributed by atoms with Gasteiger partial charge in [-0.3, -0.25) is 0 Å². The quantitative estimate of drug-likeness (QED) is 0.889. The van der Waals surface area contributed by atoms with Gasteiger partial charge in [-0.15, -0.1) is 0 Å². The number of pyridine rings is 1. The SMILES string of the molecule is CCOc1ncccc1CNS(=O)(=O)c1ccc(C)cc1. The molecule has 0 atom stereocenters. The molecule has 0 radical (unpaired) electrons. The highest BCUT2D eigenvalue weighted by molar-refractivity contribution is 7.89. The maximum absolute atomic E-state index is 12.2. The van der Waals surface area contributed by atoms with Crippen LogP contribution in [0.3, 0.4) is 0 Å². The van der Waals surface area contributed by atoms with Crippen LogP contribution in [0.15, 0.2) is 47.5 Å². The second-order valence-electron chi connectivity index (χ2n) is 4.54. The lowest BCUT2D eigenvalue weighted by Gasteiger charge is -2.10. The molecule has 0 saturated carbocycles. The minimum absolute atomic E-state index is 0.138. The van der Waals surface area contributed by atoms with Crippen molar-refractivity contribution in [3.63, 3.8) is 0 Å². The van der Waals surface area contributed by atoms with E-state index in [4.69, 9.17) is 4.74 Å². The van der Waals surface area contributed by atoms with Gasteiger partial charge in [0.2, 0.25) is 15.9 Å². The van der Waals surface area contributed by atoms with Gasteiger partial charge in [0.1, 0.15) is 0 Å². The van der Waals surface area contributed by atoms with E-state index in [0.29, 0.717) is 18.1 Å². The van der Waals surface area contributed by atoms with Crippen LogP contribution in [-0.2, 0) is 16.6 Å². The molecule has 0 unspecified atom stereocenters. The van der Waals surface area contributed by atoms with E-state index in [-0.39, 0.29) is 11.4 Å². The highest BCUT2D eigenvalue weighted by Crippen LogP contribution is 2.16. The number of nitrogens with zero attached hydrogens (tertiary/aromatic N) is 1. The van der Waals surface area contributed by atoms with Crippen molar-refractivity contribution in [1.82, 2.24) is 9.71 Å². The summed E-state index contributed by atoms with van der Waals surface area (Å²) in [4.78, 5) is 4.34. The van der Waals surface area contributed by atoms with Crippen molar-refractivity contribution in [3.8, 4) is 5.88 Å². The van der Waals surface area contributed by atoms with Gasteiger partial charge in [-0.05, 0) is 32.0 Å². The number of aryl methyl sites for hydroxylation is 1. The van der Waals surface area contributed by atoms with Crippen LogP contribution in [0.5, 0.6) is 5.88 Å². The smallest absolute Gasteiger partial charge is 0.240 e. The predicted octanol–water partition coefficient (Wildman–Crippen LogP) is 2.27. The average molecular weight is 306 g/mol. The number of hydrogen-bond acceptors (Lipinski definition) is 4. The summed E-state index contributed by atoms with van der Waals surface area (Å²) in [6.45, 7) is 4.39. The third kappa shape index (κ3) is 4.03. The molecule has 112 valence electrons. The van der Waals surface area contributed by atoms with Gasteiger partial charge in [-0.2, -0.15) is 0 Å². The minimum atomic E-state index is -3.54. The van der Waals surface area contributed by atoms with Crippen molar-refractivity contribution < 1.29 is 13.2 Å². The van der Waals surface area contributed by atoms with Crippen LogP contribution >= 0.6 is 0 Å². The zero-order valence-corrected chi connectivity index (χ0v) is 12.9. The Hall–Kier alpha value is -1.92. The fourth-order valence-corrected chi connectivity index (χ4v) is 2.81. The van der Waals surface area contributed by atoms with E-state index in [1.54, 1.807) is 42.6 Å². The third-order valence-electron chi connectivity index (χ3n) is 2.91. The van der Waals surface area contributed by atoms with Gasteiger partial charge in [-0.1, -0.05) is 23.8 Å². The number of hydrogen-bond donors (Lipinski definition) is 1. The lowest BCUT2D eigenvalue weighted by Crippen LogP contribution is -2.23. The molecule has 0 aliphatic rings. The number of ether oxygens (including phenoxy) is 1. The molecule has 0 saturated heterocycles. The Bertz CT molecular complexity index is 697. The molecule has 0 aliphatic carbocycles. The molecule has 0 amide bonds. The Morgan fingerprint density at radius 2 is 1.90 bits per heavy atom. The normalized spacial score (nSPS) is 11.3. The summed E-state index contributed by atoms with van der Waals surface area (Å²) in [7, 11) is -3.54. The molecule has 0 bridgehead atoms. The molecule has 1 N–H and O–H groups in total. The van der Waals surface area contributed by atoms with Crippen molar-refractivity contribution in [2.45, 2.75) is 25.3 Å². The third-order valence-corrected chi connectivity index (χ3v) is 4.33. The Balaban J connectivity index is 2.13. The van der Waals surface area contributed by atoms with Crippen LogP contribution < -0.4 is 9.46 Å². The fraction of sp³-hybridized carbons (Fsp3) is 0.267. The van der Waals surface area contributed by atoms with Gasteiger partial charge >= 0.3 is 0 Å². The summed E-state index contributed by atoms with van der Waals surface area (Å²) in [5.74, 6) is 0.451. The summed E-state index contributed by atoms with van der Waals surface area (Å²) in [5, 5.41) is 0. The molecule has 2 rings (SSSR count). The number of rotatable bonds is 6. The first kappa shape index (κ1) is 15.5. The van der Waals surface area contributed by atoms with Crippen molar-refractivity contribution in [3.05, 3.63) is 53.7 Å². The van der Waals surface area contributed by atoms with E-state index in [0.717, 1.165) is 5.56 Å². The summed E-state index contributed by atoms with van der Waals surface area (Å²) >= 11 is 0. The van der Waals surface area contributed by atoms with E-state index < -0.39 is 10.0 Å². The Labute approximate surface area is 125 Å². The first-order chi connectivity index (χ1) is 10.0. The van der Waals surface area contributed by atoms with Crippen LogP contribution in [0, 0.1) is 6.92 Å². The van der Waals surface area contributed by atoms with Gasteiger partial charge in [0.05, 0.1) is 11.5 Å². The highest BCUT2D eigenvalue weighted by Gasteiger charge is 2.14. The van der Waals surface area contributed by atoms with Crippen molar-refractivity contribution in [1.29, 1.82) is 0 Å². The molecule has 2 aromatic rings. The first-order valence-corrected chi connectivity index (χ1v) is 8.14. The largest absolute Gasteiger partial charge is 0.478 e. The Kier molecular flexibility index (Phi) is 4.93. The van der Waals surface area contributed by atoms with Gasteiger partial charge in [0, 0.05) is 18.3 Å². The number of aromatic nitrogens is 1. The summed E-state index contributed by atoms with van der Waals surface area (Å²) in [6.07, 6.45) is 1.61. The fourth-order valence-electron chi connectivity index (χ4n) is 1.80. The molecular formula is C15H18N2O3S. The van der Waals surface area contributed by atoms with Crippen molar-refractivity contribution >= 4 is 10.0 Å². The zero-order valence-electron chi connectivity index (χ0n) is 12.0. The van der Waals surface area contributed by atoms with Gasteiger partial charge in [0.25, 0.3) is 0 Å². The van der Waals surface area contributed by atoms with Gasteiger partial charge in [0.15, 0.2) is 0 Å². The second kappa shape index (κ2) is 6.69. The summed E-state index contributed by atoms with van der Waals surface area (Å²) in [6, 6.07) is 10.2.